The third-order valence-corrected chi connectivity index (χ3v) is 5.63. The van der Waals surface area contributed by atoms with E-state index in [2.05, 4.69) is 31.5 Å². The highest BCUT2D eigenvalue weighted by atomic mass is 16.5. The monoisotopic (exact) mass is 427 g/mol. The Labute approximate surface area is 184 Å². The summed E-state index contributed by atoms with van der Waals surface area (Å²) in [5.41, 5.74) is 9.80. The van der Waals surface area contributed by atoms with E-state index in [-0.39, 0.29) is 17.8 Å². The molecular formula is C23H21N7O2. The Hall–Kier alpha value is -4.27. The first-order valence-electron chi connectivity index (χ1n) is 10.2. The smallest absolute Gasteiger partial charge is 0.321 e. The highest BCUT2D eigenvalue weighted by molar-refractivity contribution is 6.02. The molecular weight excluding hydrogens is 406 g/mol. The Morgan fingerprint density at radius 2 is 1.97 bits per heavy atom. The molecule has 4 aromatic rings. The Bertz CT molecular complexity index is 1290. The van der Waals surface area contributed by atoms with Crippen molar-refractivity contribution in [2.24, 2.45) is 0 Å². The van der Waals surface area contributed by atoms with Crippen molar-refractivity contribution >= 4 is 22.8 Å². The van der Waals surface area contributed by atoms with E-state index in [9.17, 15) is 4.79 Å². The number of ether oxygens (including phenoxy) is 1. The predicted molar refractivity (Wildman–Crippen MR) is 120 cm³/mol. The number of nitrogens with two attached hydrogens (primary N) is 1. The van der Waals surface area contributed by atoms with Gasteiger partial charge in [-0.3, -0.25) is 4.79 Å². The maximum Gasteiger partial charge on any atom is 0.321 e. The summed E-state index contributed by atoms with van der Waals surface area (Å²) in [4.78, 5) is 34.1. The van der Waals surface area contributed by atoms with Gasteiger partial charge in [-0.05, 0) is 36.3 Å². The SMILES string of the molecule is C=CC(=O)N1CC[C@H](c2[nH]c3ncnc(N)c3c2-c2ccc(Oc3ncccn3)cc2)C1. The van der Waals surface area contributed by atoms with Gasteiger partial charge >= 0.3 is 6.01 Å². The number of rotatable bonds is 5. The van der Waals surface area contributed by atoms with Crippen molar-refractivity contribution in [2.45, 2.75) is 12.3 Å². The van der Waals surface area contributed by atoms with Crippen molar-refractivity contribution in [3.05, 3.63) is 67.4 Å². The van der Waals surface area contributed by atoms with Crippen LogP contribution in [0.3, 0.4) is 0 Å². The van der Waals surface area contributed by atoms with E-state index < -0.39 is 0 Å². The molecule has 0 radical (unpaired) electrons. The van der Waals surface area contributed by atoms with Gasteiger partial charge in [0, 0.05) is 42.7 Å². The standard InChI is InChI=1S/C23H21N7O2/c1-2-17(31)30-11-8-15(12-30)20-18(19-21(24)27-13-28-22(19)29-20)14-4-6-16(7-5-14)32-23-25-9-3-10-26-23/h2-7,9-10,13,15H,1,8,11-12H2,(H3,24,27,28,29)/t15-/m0/s1. The largest absolute Gasteiger partial charge is 0.424 e. The number of anilines is 1. The Kier molecular flexibility index (Phi) is 4.98. The molecule has 1 aliphatic rings. The summed E-state index contributed by atoms with van der Waals surface area (Å²) < 4.78 is 5.71. The molecule has 0 spiro atoms. The van der Waals surface area contributed by atoms with Crippen LogP contribution in [0.25, 0.3) is 22.2 Å². The quantitative estimate of drug-likeness (QED) is 0.469. The summed E-state index contributed by atoms with van der Waals surface area (Å²) in [6.07, 6.45) is 6.88. The van der Waals surface area contributed by atoms with Gasteiger partial charge in [0.2, 0.25) is 5.91 Å². The summed E-state index contributed by atoms with van der Waals surface area (Å²) in [5, 5.41) is 0.774. The van der Waals surface area contributed by atoms with Gasteiger partial charge < -0.3 is 20.4 Å². The van der Waals surface area contributed by atoms with Crippen LogP contribution in [-0.4, -0.2) is 48.8 Å². The first-order chi connectivity index (χ1) is 15.6. The minimum absolute atomic E-state index is 0.0610. The van der Waals surface area contributed by atoms with Crippen LogP contribution in [0.1, 0.15) is 18.0 Å². The molecule has 1 saturated heterocycles. The molecule has 1 fully saturated rings. The van der Waals surface area contributed by atoms with Crippen molar-refractivity contribution in [3.63, 3.8) is 0 Å². The van der Waals surface area contributed by atoms with Crippen LogP contribution in [-0.2, 0) is 4.79 Å². The maximum absolute atomic E-state index is 12.1. The lowest BCUT2D eigenvalue weighted by Gasteiger charge is -2.15. The molecule has 32 heavy (non-hydrogen) atoms. The van der Waals surface area contributed by atoms with Crippen LogP contribution < -0.4 is 10.5 Å². The summed E-state index contributed by atoms with van der Waals surface area (Å²) >= 11 is 0. The zero-order valence-corrected chi connectivity index (χ0v) is 17.2. The molecule has 1 amide bonds. The molecule has 1 aromatic carbocycles. The topological polar surface area (TPSA) is 123 Å². The number of aromatic amines is 1. The highest BCUT2D eigenvalue weighted by Gasteiger charge is 2.31. The van der Waals surface area contributed by atoms with Gasteiger partial charge in [0.15, 0.2) is 0 Å². The molecule has 3 N–H and O–H groups in total. The molecule has 9 heteroatoms. The van der Waals surface area contributed by atoms with Gasteiger partial charge in [-0.1, -0.05) is 18.7 Å². The number of aromatic nitrogens is 5. The number of nitrogen functional groups attached to an aromatic ring is 1. The lowest BCUT2D eigenvalue weighted by atomic mass is 9.95. The number of hydrogen-bond acceptors (Lipinski definition) is 7. The van der Waals surface area contributed by atoms with Crippen molar-refractivity contribution in [3.8, 4) is 22.9 Å². The van der Waals surface area contributed by atoms with Crippen molar-refractivity contribution in [2.75, 3.05) is 18.8 Å². The van der Waals surface area contributed by atoms with Gasteiger partial charge in [-0.25, -0.2) is 19.9 Å². The number of benzene rings is 1. The van der Waals surface area contributed by atoms with Crippen LogP contribution in [0.15, 0.2) is 61.7 Å². The fraction of sp³-hybridized carbons (Fsp3) is 0.174. The maximum atomic E-state index is 12.1. The Morgan fingerprint density at radius 1 is 1.19 bits per heavy atom. The second-order valence-corrected chi connectivity index (χ2v) is 7.53. The molecule has 0 bridgehead atoms. The van der Waals surface area contributed by atoms with E-state index in [4.69, 9.17) is 10.5 Å². The highest BCUT2D eigenvalue weighted by Crippen LogP contribution is 2.41. The second-order valence-electron chi connectivity index (χ2n) is 7.53. The van der Waals surface area contributed by atoms with Crippen LogP contribution >= 0.6 is 0 Å². The lowest BCUT2D eigenvalue weighted by Crippen LogP contribution is -2.26. The number of fused-ring (bicyclic) bond motifs is 1. The van der Waals surface area contributed by atoms with Crippen LogP contribution in [0.2, 0.25) is 0 Å². The number of amides is 1. The molecule has 4 heterocycles. The van der Waals surface area contributed by atoms with Crippen molar-refractivity contribution in [1.29, 1.82) is 0 Å². The number of nitrogens with zero attached hydrogens (tertiary/aromatic N) is 5. The molecule has 5 rings (SSSR count). The normalized spacial score (nSPS) is 15.8. The van der Waals surface area contributed by atoms with Crippen LogP contribution in [0.4, 0.5) is 5.82 Å². The van der Waals surface area contributed by atoms with Gasteiger partial charge in [0.05, 0.1) is 5.39 Å². The fourth-order valence-electron chi connectivity index (χ4n) is 4.13. The molecule has 160 valence electrons. The Balaban J connectivity index is 1.53. The Morgan fingerprint density at radius 3 is 2.72 bits per heavy atom. The number of hydrogen-bond donors (Lipinski definition) is 2. The van der Waals surface area contributed by atoms with Crippen molar-refractivity contribution in [1.82, 2.24) is 29.8 Å². The molecule has 3 aromatic heterocycles. The van der Waals surface area contributed by atoms with Gasteiger partial charge in [-0.2, -0.15) is 0 Å². The molecule has 0 aliphatic carbocycles. The van der Waals surface area contributed by atoms with E-state index in [1.165, 1.54) is 12.4 Å². The molecule has 0 saturated carbocycles. The zero-order chi connectivity index (χ0) is 22.1. The van der Waals surface area contributed by atoms with Gasteiger partial charge in [0.25, 0.3) is 0 Å². The summed E-state index contributed by atoms with van der Waals surface area (Å²) in [5.74, 6) is 1.09. The van der Waals surface area contributed by atoms with E-state index in [1.54, 1.807) is 23.4 Å². The first-order valence-corrected chi connectivity index (χ1v) is 10.2. The predicted octanol–water partition coefficient (Wildman–Crippen LogP) is 3.29. The number of H-pyrrole nitrogens is 1. The molecule has 1 atom stereocenters. The number of nitrogens with one attached hydrogen (secondary N) is 1. The number of carbonyl (C=O) groups excluding carboxylic acids is 1. The van der Waals surface area contributed by atoms with Gasteiger partial charge in [0.1, 0.15) is 23.5 Å². The number of carbonyl (C=O) groups is 1. The van der Waals surface area contributed by atoms with Gasteiger partial charge in [-0.15, -0.1) is 0 Å². The average Bonchev–Trinajstić information content (AvgIpc) is 3.46. The minimum Gasteiger partial charge on any atom is -0.424 e. The first kappa shape index (κ1) is 19.7. The van der Waals surface area contributed by atoms with E-state index in [0.717, 1.165) is 28.6 Å². The molecule has 9 nitrogen and oxygen atoms in total. The second kappa shape index (κ2) is 8.10. The lowest BCUT2D eigenvalue weighted by molar-refractivity contribution is -0.125. The number of likely N-dealkylation sites (tertiary alicyclic amines) is 1. The molecule has 0 unspecified atom stereocenters. The third kappa shape index (κ3) is 3.53. The summed E-state index contributed by atoms with van der Waals surface area (Å²) in [6, 6.07) is 9.64. The van der Waals surface area contributed by atoms with Crippen LogP contribution in [0.5, 0.6) is 11.8 Å². The van der Waals surface area contributed by atoms with Crippen LogP contribution in [0, 0.1) is 0 Å². The fourth-order valence-corrected chi connectivity index (χ4v) is 4.13. The van der Waals surface area contributed by atoms with Crippen molar-refractivity contribution < 1.29 is 9.53 Å². The third-order valence-electron chi connectivity index (χ3n) is 5.63. The van der Waals surface area contributed by atoms with E-state index >= 15 is 0 Å². The summed E-state index contributed by atoms with van der Waals surface area (Å²) in [6.45, 7) is 4.88. The minimum atomic E-state index is -0.0610. The average molecular weight is 427 g/mol. The summed E-state index contributed by atoms with van der Waals surface area (Å²) in [7, 11) is 0. The van der Waals surface area contributed by atoms with E-state index in [1.807, 2.05) is 24.3 Å². The van der Waals surface area contributed by atoms with E-state index in [0.29, 0.717) is 30.3 Å². The zero-order valence-electron chi connectivity index (χ0n) is 17.2. The molecule has 1 aliphatic heterocycles.